The van der Waals surface area contributed by atoms with Gasteiger partial charge in [-0.15, -0.1) is 5.10 Å². The first-order valence-electron chi connectivity index (χ1n) is 4.85. The third-order valence-electron chi connectivity index (χ3n) is 2.29. The molecule has 2 unspecified atom stereocenters. The van der Waals surface area contributed by atoms with Gasteiger partial charge in [0.05, 0.1) is 5.69 Å². The summed E-state index contributed by atoms with van der Waals surface area (Å²) in [6.07, 6.45) is 0.855. The zero-order chi connectivity index (χ0) is 11.4. The summed E-state index contributed by atoms with van der Waals surface area (Å²) in [5.74, 6) is 0.423. The van der Waals surface area contributed by atoms with Crippen LogP contribution in [0.4, 0.5) is 0 Å². The van der Waals surface area contributed by atoms with E-state index in [1.165, 1.54) is 0 Å². The van der Waals surface area contributed by atoms with Gasteiger partial charge >= 0.3 is 0 Å². The van der Waals surface area contributed by atoms with E-state index in [1.807, 2.05) is 7.05 Å². The second-order valence-corrected chi connectivity index (χ2v) is 4.54. The minimum atomic E-state index is -0.0653. The highest BCUT2D eigenvalue weighted by Crippen LogP contribution is 2.23. The van der Waals surface area contributed by atoms with Crippen LogP contribution in [-0.4, -0.2) is 28.7 Å². The highest BCUT2D eigenvalue weighted by Gasteiger charge is 2.18. The van der Waals surface area contributed by atoms with Crippen LogP contribution in [-0.2, 0) is 11.8 Å². The summed E-state index contributed by atoms with van der Waals surface area (Å²) >= 11 is 3.34. The van der Waals surface area contributed by atoms with Crippen LogP contribution < -0.4 is 5.73 Å². The molecule has 0 radical (unpaired) electrons. The fraction of sp³-hybridized carbons (Fsp3) is 0.778. The van der Waals surface area contributed by atoms with Crippen LogP contribution in [0, 0.1) is 5.92 Å². The van der Waals surface area contributed by atoms with Crippen molar-refractivity contribution in [1.29, 1.82) is 0 Å². The molecular formula is C9H17BrN4O. The summed E-state index contributed by atoms with van der Waals surface area (Å²) in [6, 6.07) is -0.0653. The second kappa shape index (κ2) is 5.58. The number of halogens is 1. The predicted octanol–water partition coefficient (Wildman–Crippen LogP) is 1.25. The molecule has 0 aliphatic rings. The van der Waals surface area contributed by atoms with E-state index in [0.29, 0.717) is 5.92 Å². The maximum atomic E-state index is 6.09. The molecule has 0 aliphatic carbocycles. The molecule has 2 N–H and O–H groups in total. The number of aromatic nitrogens is 3. The van der Waals surface area contributed by atoms with E-state index in [2.05, 4.69) is 33.2 Å². The Morgan fingerprint density at radius 3 is 2.73 bits per heavy atom. The van der Waals surface area contributed by atoms with E-state index in [-0.39, 0.29) is 6.04 Å². The average molecular weight is 277 g/mol. The van der Waals surface area contributed by atoms with Gasteiger partial charge in [-0.25, -0.2) is 4.68 Å². The van der Waals surface area contributed by atoms with Crippen molar-refractivity contribution in [3.8, 4) is 0 Å². The summed E-state index contributed by atoms with van der Waals surface area (Å²) in [7, 11) is 3.54. The maximum absolute atomic E-state index is 6.09. The lowest BCUT2D eigenvalue weighted by atomic mass is 10.0. The SMILES string of the molecule is COCC(C)CC(N)c1c(Br)nnn1C. The van der Waals surface area contributed by atoms with Crippen molar-refractivity contribution in [3.05, 3.63) is 10.3 Å². The van der Waals surface area contributed by atoms with Gasteiger partial charge in [-0.3, -0.25) is 0 Å². The van der Waals surface area contributed by atoms with Crippen molar-refractivity contribution in [3.63, 3.8) is 0 Å². The molecule has 2 atom stereocenters. The van der Waals surface area contributed by atoms with Crippen molar-refractivity contribution in [2.75, 3.05) is 13.7 Å². The molecule has 0 aliphatic heterocycles. The second-order valence-electron chi connectivity index (χ2n) is 3.79. The Balaban J connectivity index is 2.64. The molecule has 0 bridgehead atoms. The minimum absolute atomic E-state index is 0.0653. The third-order valence-corrected chi connectivity index (χ3v) is 2.85. The van der Waals surface area contributed by atoms with Gasteiger partial charge in [0.1, 0.15) is 0 Å². The van der Waals surface area contributed by atoms with Crippen LogP contribution in [0.3, 0.4) is 0 Å². The fourth-order valence-electron chi connectivity index (χ4n) is 1.63. The van der Waals surface area contributed by atoms with Crippen molar-refractivity contribution >= 4 is 15.9 Å². The van der Waals surface area contributed by atoms with Gasteiger partial charge in [0, 0.05) is 26.8 Å². The molecule has 0 amide bonds. The Morgan fingerprint density at radius 2 is 2.27 bits per heavy atom. The van der Waals surface area contributed by atoms with Crippen LogP contribution in [0.25, 0.3) is 0 Å². The first kappa shape index (κ1) is 12.6. The van der Waals surface area contributed by atoms with E-state index < -0.39 is 0 Å². The standard InChI is InChI=1S/C9H17BrN4O/c1-6(5-15-3)4-7(11)8-9(10)12-13-14(8)2/h6-7H,4-5,11H2,1-3H3. The minimum Gasteiger partial charge on any atom is -0.384 e. The molecule has 1 aromatic heterocycles. The Hall–Kier alpha value is -0.460. The number of nitrogens with zero attached hydrogens (tertiary/aromatic N) is 3. The van der Waals surface area contributed by atoms with Gasteiger partial charge in [0.2, 0.25) is 0 Å². The number of hydrogen-bond donors (Lipinski definition) is 1. The summed E-state index contributed by atoms with van der Waals surface area (Å²) in [6.45, 7) is 2.83. The molecule has 6 heteroatoms. The quantitative estimate of drug-likeness (QED) is 0.879. The van der Waals surface area contributed by atoms with Crippen LogP contribution in [0.1, 0.15) is 25.1 Å². The number of nitrogens with two attached hydrogens (primary N) is 1. The molecule has 0 saturated heterocycles. The predicted molar refractivity (Wildman–Crippen MR) is 61.3 cm³/mol. The average Bonchev–Trinajstić information content (AvgIpc) is 2.46. The highest BCUT2D eigenvalue weighted by molar-refractivity contribution is 9.10. The molecule has 1 heterocycles. The van der Waals surface area contributed by atoms with E-state index in [4.69, 9.17) is 10.5 Å². The summed E-state index contributed by atoms with van der Waals surface area (Å²) in [4.78, 5) is 0. The van der Waals surface area contributed by atoms with Gasteiger partial charge in [0.15, 0.2) is 4.60 Å². The Bertz CT molecular complexity index is 296. The van der Waals surface area contributed by atoms with E-state index in [9.17, 15) is 0 Å². The summed E-state index contributed by atoms with van der Waals surface area (Å²) < 4.78 is 7.50. The number of rotatable bonds is 5. The van der Waals surface area contributed by atoms with Crippen molar-refractivity contribution in [2.45, 2.75) is 19.4 Å². The zero-order valence-corrected chi connectivity index (χ0v) is 10.9. The first-order valence-corrected chi connectivity index (χ1v) is 5.65. The summed E-state index contributed by atoms with van der Waals surface area (Å²) in [5.41, 5.74) is 7.01. The zero-order valence-electron chi connectivity index (χ0n) is 9.27. The lowest BCUT2D eigenvalue weighted by molar-refractivity contribution is 0.151. The molecule has 0 spiro atoms. The molecule has 1 aromatic rings. The Morgan fingerprint density at radius 1 is 1.60 bits per heavy atom. The van der Waals surface area contributed by atoms with E-state index >= 15 is 0 Å². The molecule has 0 saturated carbocycles. The Kier molecular flexibility index (Phi) is 4.69. The van der Waals surface area contributed by atoms with Crippen LogP contribution in [0.15, 0.2) is 4.60 Å². The van der Waals surface area contributed by atoms with Crippen molar-refractivity contribution in [2.24, 2.45) is 18.7 Å². The molecule has 0 fully saturated rings. The van der Waals surface area contributed by atoms with Gasteiger partial charge in [-0.2, -0.15) is 0 Å². The fourth-order valence-corrected chi connectivity index (χ4v) is 2.25. The third kappa shape index (κ3) is 3.25. The molecular weight excluding hydrogens is 260 g/mol. The van der Waals surface area contributed by atoms with Crippen molar-refractivity contribution in [1.82, 2.24) is 15.0 Å². The van der Waals surface area contributed by atoms with Gasteiger partial charge in [-0.1, -0.05) is 12.1 Å². The maximum Gasteiger partial charge on any atom is 0.153 e. The monoisotopic (exact) mass is 276 g/mol. The van der Waals surface area contributed by atoms with E-state index in [0.717, 1.165) is 23.3 Å². The number of aryl methyl sites for hydroxylation is 1. The first-order chi connectivity index (χ1) is 7.06. The molecule has 1 rings (SSSR count). The molecule has 5 nitrogen and oxygen atoms in total. The number of methoxy groups -OCH3 is 1. The number of ether oxygens (including phenoxy) is 1. The Labute approximate surface area is 98.1 Å². The smallest absolute Gasteiger partial charge is 0.153 e. The summed E-state index contributed by atoms with van der Waals surface area (Å²) in [5, 5.41) is 7.81. The van der Waals surface area contributed by atoms with Gasteiger partial charge in [-0.05, 0) is 28.3 Å². The molecule has 0 aromatic carbocycles. The van der Waals surface area contributed by atoms with Gasteiger partial charge in [0.25, 0.3) is 0 Å². The molecule has 15 heavy (non-hydrogen) atoms. The normalized spacial score (nSPS) is 15.3. The lowest BCUT2D eigenvalue weighted by Gasteiger charge is -2.16. The molecule has 86 valence electrons. The number of hydrogen-bond acceptors (Lipinski definition) is 4. The topological polar surface area (TPSA) is 66.0 Å². The van der Waals surface area contributed by atoms with Crippen LogP contribution >= 0.6 is 15.9 Å². The van der Waals surface area contributed by atoms with E-state index in [1.54, 1.807) is 11.8 Å². The van der Waals surface area contributed by atoms with Gasteiger partial charge < -0.3 is 10.5 Å². The van der Waals surface area contributed by atoms with Crippen LogP contribution in [0.2, 0.25) is 0 Å². The lowest BCUT2D eigenvalue weighted by Crippen LogP contribution is -2.19. The van der Waals surface area contributed by atoms with Crippen molar-refractivity contribution < 1.29 is 4.74 Å². The van der Waals surface area contributed by atoms with Crippen LogP contribution in [0.5, 0.6) is 0 Å². The highest BCUT2D eigenvalue weighted by atomic mass is 79.9. The largest absolute Gasteiger partial charge is 0.384 e.